The van der Waals surface area contributed by atoms with Crippen LogP contribution in [0.25, 0.3) is 27.3 Å². The number of hydrogen-bond donors (Lipinski definition) is 1. The Bertz CT molecular complexity index is 977. The van der Waals surface area contributed by atoms with Crippen LogP contribution in [-0.4, -0.2) is 19.9 Å². The first kappa shape index (κ1) is 14.6. The van der Waals surface area contributed by atoms with Gasteiger partial charge in [-0.3, -0.25) is 9.52 Å². The summed E-state index contributed by atoms with van der Waals surface area (Å²) in [5, 5.41) is 4.59. The van der Waals surface area contributed by atoms with Crippen LogP contribution in [0.1, 0.15) is 0 Å². The van der Waals surface area contributed by atoms with Gasteiger partial charge in [0, 0.05) is 17.8 Å². The fraction of sp³-hybridized carbons (Fsp3) is 0. The number of hydrogen-bond acceptors (Lipinski definition) is 3. The van der Waals surface area contributed by atoms with Gasteiger partial charge in [0.15, 0.2) is 16.0 Å². The van der Waals surface area contributed by atoms with Crippen molar-refractivity contribution >= 4 is 21.9 Å². The van der Waals surface area contributed by atoms with E-state index in [-0.39, 0.29) is 5.91 Å². The topological polar surface area (TPSA) is 64.0 Å². The first-order chi connectivity index (χ1) is 11.7. The van der Waals surface area contributed by atoms with Gasteiger partial charge in [-0.05, 0) is 16.7 Å². The molecule has 6 heteroatoms. The third-order valence-electron chi connectivity index (χ3n) is 3.77. The highest BCUT2D eigenvalue weighted by atomic mass is 32.2. The second-order valence-corrected chi connectivity index (χ2v) is 6.46. The van der Waals surface area contributed by atoms with Gasteiger partial charge < -0.3 is 0 Å². The molecule has 2 heterocycles. The van der Waals surface area contributed by atoms with Gasteiger partial charge in [0.05, 0.1) is 6.20 Å². The maximum Gasteiger partial charge on any atom is 0.258 e. The van der Waals surface area contributed by atoms with E-state index in [1.54, 1.807) is 12.4 Å². The van der Waals surface area contributed by atoms with Gasteiger partial charge in [-0.15, -0.1) is 0 Å². The fourth-order valence-corrected chi connectivity index (χ4v) is 3.51. The van der Waals surface area contributed by atoms with Crippen molar-refractivity contribution in [2.24, 2.45) is 0 Å². The van der Waals surface area contributed by atoms with Crippen molar-refractivity contribution in [3.05, 3.63) is 73.1 Å². The number of aromatic nitrogens is 2. The predicted molar refractivity (Wildman–Crippen MR) is 93.7 cm³/mol. The Morgan fingerprint density at radius 2 is 1.58 bits per heavy atom. The van der Waals surface area contributed by atoms with Crippen LogP contribution in [0, 0.1) is 0 Å². The van der Waals surface area contributed by atoms with Gasteiger partial charge in [-0.1, -0.05) is 54.6 Å². The second kappa shape index (κ2) is 5.90. The molecule has 1 N–H and O–H groups in total. The lowest BCUT2D eigenvalue weighted by Crippen LogP contribution is -2.17. The molecule has 1 amide bonds. The molecule has 1 aliphatic heterocycles. The molecular weight excluding hydrogens is 322 g/mol. The summed E-state index contributed by atoms with van der Waals surface area (Å²) >= 11 is 0. The van der Waals surface area contributed by atoms with E-state index in [1.165, 1.54) is 10.8 Å². The molecule has 1 aliphatic rings. The summed E-state index contributed by atoms with van der Waals surface area (Å²) in [6.07, 6.45) is 4.80. The molecule has 1 aromatic heterocycles. The Kier molecular flexibility index (Phi) is 3.59. The highest BCUT2D eigenvalue weighted by molar-refractivity contribution is 7.93. The van der Waals surface area contributed by atoms with Crippen LogP contribution in [0.15, 0.2) is 73.1 Å². The second-order valence-electron chi connectivity index (χ2n) is 5.30. The highest BCUT2D eigenvalue weighted by Gasteiger charge is 2.22. The molecule has 1 unspecified atom stereocenters. The summed E-state index contributed by atoms with van der Waals surface area (Å²) < 4.78 is 15.7. The van der Waals surface area contributed by atoms with E-state index in [0.29, 0.717) is 5.03 Å². The molecule has 4 rings (SSSR count). The van der Waals surface area contributed by atoms with Crippen LogP contribution < -0.4 is 4.72 Å². The zero-order chi connectivity index (χ0) is 16.5. The first-order valence-electron chi connectivity index (χ1n) is 7.36. The average molecular weight is 335 g/mol. The van der Waals surface area contributed by atoms with E-state index in [4.69, 9.17) is 0 Å². The minimum Gasteiger partial charge on any atom is -0.269 e. The van der Waals surface area contributed by atoms with Crippen molar-refractivity contribution in [2.75, 3.05) is 0 Å². The molecule has 0 saturated heterocycles. The first-order valence-corrected chi connectivity index (χ1v) is 8.51. The molecule has 0 aliphatic carbocycles. The molecule has 0 spiro atoms. The van der Waals surface area contributed by atoms with Crippen molar-refractivity contribution in [3.63, 3.8) is 0 Å². The van der Waals surface area contributed by atoms with Crippen LogP contribution in [0.2, 0.25) is 0 Å². The predicted octanol–water partition coefficient (Wildman–Crippen LogP) is 2.81. The minimum absolute atomic E-state index is 0.337. The zero-order valence-corrected chi connectivity index (χ0v) is 13.4. The molecule has 3 aromatic rings. The van der Waals surface area contributed by atoms with Gasteiger partial charge in [0.1, 0.15) is 0 Å². The SMILES string of the molecule is O=C1C=C(n2cc(-c3ccccc3-c3ccccc3)cn2)S(=O)N1. The summed E-state index contributed by atoms with van der Waals surface area (Å²) in [4.78, 5) is 11.3. The van der Waals surface area contributed by atoms with Crippen LogP contribution in [0.5, 0.6) is 0 Å². The Morgan fingerprint density at radius 3 is 2.25 bits per heavy atom. The molecule has 118 valence electrons. The Hall–Kier alpha value is -2.99. The van der Waals surface area contributed by atoms with Gasteiger partial charge in [-0.2, -0.15) is 5.10 Å². The number of carbonyl (C=O) groups excluding carboxylic acids is 1. The van der Waals surface area contributed by atoms with Gasteiger partial charge >= 0.3 is 0 Å². The van der Waals surface area contributed by atoms with E-state index in [2.05, 4.69) is 28.0 Å². The molecule has 24 heavy (non-hydrogen) atoms. The smallest absolute Gasteiger partial charge is 0.258 e. The van der Waals surface area contributed by atoms with Crippen molar-refractivity contribution in [2.45, 2.75) is 0 Å². The van der Waals surface area contributed by atoms with Crippen LogP contribution >= 0.6 is 0 Å². The number of nitrogens with zero attached hydrogens (tertiary/aromatic N) is 2. The molecule has 0 fully saturated rings. The third-order valence-corrected chi connectivity index (χ3v) is 4.84. The number of nitrogens with one attached hydrogen (secondary N) is 1. The van der Waals surface area contributed by atoms with Crippen LogP contribution in [-0.2, 0) is 15.8 Å². The van der Waals surface area contributed by atoms with Crippen molar-refractivity contribution in [1.82, 2.24) is 14.5 Å². The van der Waals surface area contributed by atoms with E-state index < -0.39 is 11.0 Å². The summed E-state index contributed by atoms with van der Waals surface area (Å²) in [7, 11) is -1.56. The molecular formula is C18H13N3O2S. The van der Waals surface area contributed by atoms with Crippen LogP contribution in [0.3, 0.4) is 0 Å². The van der Waals surface area contributed by atoms with Crippen molar-refractivity contribution in [1.29, 1.82) is 0 Å². The minimum atomic E-state index is -1.56. The summed E-state index contributed by atoms with van der Waals surface area (Å²) in [6, 6.07) is 18.1. The molecule has 5 nitrogen and oxygen atoms in total. The zero-order valence-electron chi connectivity index (χ0n) is 12.5. The fourth-order valence-electron chi connectivity index (χ4n) is 2.68. The maximum absolute atomic E-state index is 11.9. The number of amides is 1. The third kappa shape index (κ3) is 2.57. The van der Waals surface area contributed by atoms with E-state index in [9.17, 15) is 9.00 Å². The largest absolute Gasteiger partial charge is 0.269 e. The van der Waals surface area contributed by atoms with E-state index in [0.717, 1.165) is 22.3 Å². The Balaban J connectivity index is 1.78. The monoisotopic (exact) mass is 335 g/mol. The average Bonchev–Trinajstić information content (AvgIpc) is 3.22. The molecule has 1 atom stereocenters. The Morgan fingerprint density at radius 1 is 0.917 bits per heavy atom. The highest BCUT2D eigenvalue weighted by Crippen LogP contribution is 2.32. The summed E-state index contributed by atoms with van der Waals surface area (Å²) in [5.41, 5.74) is 4.13. The van der Waals surface area contributed by atoms with Gasteiger partial charge in [-0.25, -0.2) is 8.89 Å². The lowest BCUT2D eigenvalue weighted by atomic mass is 9.96. The number of carbonyl (C=O) groups is 1. The van der Waals surface area contributed by atoms with Crippen LogP contribution in [0.4, 0.5) is 0 Å². The van der Waals surface area contributed by atoms with Gasteiger partial charge in [0.25, 0.3) is 5.91 Å². The summed E-state index contributed by atoms with van der Waals surface area (Å²) in [5.74, 6) is -0.370. The van der Waals surface area contributed by atoms with E-state index in [1.807, 2.05) is 36.4 Å². The maximum atomic E-state index is 11.9. The molecule has 0 radical (unpaired) electrons. The number of benzene rings is 2. The normalized spacial score (nSPS) is 16.8. The van der Waals surface area contributed by atoms with E-state index >= 15 is 0 Å². The summed E-state index contributed by atoms with van der Waals surface area (Å²) in [6.45, 7) is 0. The lowest BCUT2D eigenvalue weighted by Gasteiger charge is -2.08. The van der Waals surface area contributed by atoms with Gasteiger partial charge in [0.2, 0.25) is 0 Å². The molecule has 2 aromatic carbocycles. The lowest BCUT2D eigenvalue weighted by molar-refractivity contribution is -0.114. The quantitative estimate of drug-likeness (QED) is 0.800. The molecule has 0 saturated carbocycles. The van der Waals surface area contributed by atoms with Crippen molar-refractivity contribution < 1.29 is 9.00 Å². The standard InChI is InChI=1S/C18H13N3O2S/c22-17-10-18(24(23)20-17)21-12-14(11-19-21)16-9-5-4-8-15(16)13-6-2-1-3-7-13/h1-12H,(H,20,22). The molecule has 0 bridgehead atoms. The van der Waals surface area contributed by atoms with Crippen molar-refractivity contribution in [3.8, 4) is 22.3 Å². The number of rotatable bonds is 3. The Labute approximate surface area is 141 Å².